The molecule has 16 heavy (non-hydrogen) atoms. The highest BCUT2D eigenvalue weighted by atomic mass is 16.5. The third-order valence-corrected chi connectivity index (χ3v) is 3.15. The molecule has 1 heterocycles. The molecular weight excluding hydrogens is 204 g/mol. The molecule has 1 aromatic carbocycles. The first kappa shape index (κ1) is 11.0. The van der Waals surface area contributed by atoms with Crippen LogP contribution >= 0.6 is 0 Å². The summed E-state index contributed by atoms with van der Waals surface area (Å²) in [5.41, 5.74) is 1.09. The Morgan fingerprint density at radius 1 is 1.50 bits per heavy atom. The zero-order chi connectivity index (χ0) is 11.9. The van der Waals surface area contributed by atoms with E-state index in [-0.39, 0.29) is 6.10 Å². The average Bonchev–Trinajstić information content (AvgIpc) is 2.56. The third kappa shape index (κ3) is 1.66. The Labute approximate surface area is 95.0 Å². The van der Waals surface area contributed by atoms with Gasteiger partial charge in [0.15, 0.2) is 0 Å². The normalized spacial score (nSPS) is 19.1. The van der Waals surface area contributed by atoms with Crippen molar-refractivity contribution in [3.05, 3.63) is 29.3 Å². The van der Waals surface area contributed by atoms with Gasteiger partial charge in [0, 0.05) is 6.42 Å². The molecule has 0 saturated heterocycles. The van der Waals surface area contributed by atoms with E-state index in [0.717, 1.165) is 23.3 Å². The number of rotatable bonds is 2. The maximum Gasteiger partial charge on any atom is 0.313 e. The SMILES string of the molecule is CC1Cc2cc(C(C)(C)C(=O)O)ccc2O1. The van der Waals surface area contributed by atoms with Crippen LogP contribution in [0.4, 0.5) is 0 Å². The first-order valence-electron chi connectivity index (χ1n) is 5.44. The molecule has 1 aliphatic heterocycles. The van der Waals surface area contributed by atoms with Gasteiger partial charge in [-0.05, 0) is 38.0 Å². The van der Waals surface area contributed by atoms with E-state index >= 15 is 0 Å². The van der Waals surface area contributed by atoms with Crippen LogP contribution in [0.2, 0.25) is 0 Å². The van der Waals surface area contributed by atoms with Crippen molar-refractivity contribution in [1.82, 2.24) is 0 Å². The molecule has 0 radical (unpaired) electrons. The molecule has 1 N–H and O–H groups in total. The standard InChI is InChI=1S/C13H16O3/c1-8-6-9-7-10(4-5-11(9)16-8)13(2,3)12(14)15/h4-5,7-8H,6H2,1-3H3,(H,14,15). The second kappa shape index (κ2) is 3.51. The lowest BCUT2D eigenvalue weighted by atomic mass is 9.84. The van der Waals surface area contributed by atoms with Crippen molar-refractivity contribution in [2.24, 2.45) is 0 Å². The zero-order valence-electron chi connectivity index (χ0n) is 9.78. The van der Waals surface area contributed by atoms with E-state index in [0.29, 0.717) is 0 Å². The topological polar surface area (TPSA) is 46.5 Å². The summed E-state index contributed by atoms with van der Waals surface area (Å²) < 4.78 is 5.59. The molecule has 0 spiro atoms. The predicted octanol–water partition coefficient (Wildman–Crippen LogP) is 2.37. The maximum atomic E-state index is 11.2. The number of carboxylic acids is 1. The second-order valence-electron chi connectivity index (χ2n) is 4.89. The Bertz CT molecular complexity index is 435. The summed E-state index contributed by atoms with van der Waals surface area (Å²) in [6, 6.07) is 5.66. The summed E-state index contributed by atoms with van der Waals surface area (Å²) in [5.74, 6) is 0.0804. The maximum absolute atomic E-state index is 11.2. The Morgan fingerprint density at radius 2 is 2.19 bits per heavy atom. The molecule has 1 atom stereocenters. The van der Waals surface area contributed by atoms with Crippen LogP contribution in [-0.4, -0.2) is 17.2 Å². The van der Waals surface area contributed by atoms with Crippen LogP contribution in [0, 0.1) is 0 Å². The fourth-order valence-electron chi connectivity index (χ4n) is 1.93. The number of fused-ring (bicyclic) bond motifs is 1. The van der Waals surface area contributed by atoms with E-state index in [2.05, 4.69) is 0 Å². The third-order valence-electron chi connectivity index (χ3n) is 3.15. The lowest BCUT2D eigenvalue weighted by Crippen LogP contribution is -2.28. The summed E-state index contributed by atoms with van der Waals surface area (Å²) in [7, 11) is 0. The molecule has 2 rings (SSSR count). The minimum atomic E-state index is -0.846. The molecular formula is C13H16O3. The minimum absolute atomic E-state index is 0.193. The van der Waals surface area contributed by atoms with Gasteiger partial charge in [0.05, 0.1) is 5.41 Å². The van der Waals surface area contributed by atoms with Gasteiger partial charge in [0.1, 0.15) is 11.9 Å². The molecule has 1 unspecified atom stereocenters. The quantitative estimate of drug-likeness (QED) is 0.832. The number of carboxylic acid groups (broad SMARTS) is 1. The molecule has 3 heteroatoms. The molecule has 0 bridgehead atoms. The highest BCUT2D eigenvalue weighted by Gasteiger charge is 2.31. The molecule has 0 amide bonds. The van der Waals surface area contributed by atoms with E-state index in [1.165, 1.54) is 0 Å². The van der Waals surface area contributed by atoms with Crippen molar-refractivity contribution in [3.8, 4) is 5.75 Å². The summed E-state index contributed by atoms with van der Waals surface area (Å²) >= 11 is 0. The van der Waals surface area contributed by atoms with Gasteiger partial charge in [-0.3, -0.25) is 4.79 Å². The van der Waals surface area contributed by atoms with Crippen LogP contribution < -0.4 is 4.74 Å². The number of benzene rings is 1. The minimum Gasteiger partial charge on any atom is -0.490 e. The fraction of sp³-hybridized carbons (Fsp3) is 0.462. The van der Waals surface area contributed by atoms with Crippen molar-refractivity contribution >= 4 is 5.97 Å². The van der Waals surface area contributed by atoms with Gasteiger partial charge in [-0.2, -0.15) is 0 Å². The average molecular weight is 220 g/mol. The van der Waals surface area contributed by atoms with Gasteiger partial charge in [-0.1, -0.05) is 12.1 Å². The lowest BCUT2D eigenvalue weighted by molar-refractivity contribution is -0.142. The van der Waals surface area contributed by atoms with Crippen molar-refractivity contribution in [2.45, 2.75) is 38.7 Å². The highest BCUT2D eigenvalue weighted by molar-refractivity contribution is 5.80. The highest BCUT2D eigenvalue weighted by Crippen LogP contribution is 2.33. The van der Waals surface area contributed by atoms with Crippen molar-refractivity contribution < 1.29 is 14.6 Å². The number of ether oxygens (including phenoxy) is 1. The molecule has 0 aromatic heterocycles. The van der Waals surface area contributed by atoms with Crippen molar-refractivity contribution in [2.75, 3.05) is 0 Å². The zero-order valence-corrected chi connectivity index (χ0v) is 9.78. The molecule has 1 aromatic rings. The van der Waals surface area contributed by atoms with Gasteiger partial charge >= 0.3 is 5.97 Å². The summed E-state index contributed by atoms with van der Waals surface area (Å²) in [5, 5.41) is 9.16. The summed E-state index contributed by atoms with van der Waals surface area (Å²) in [6.45, 7) is 5.45. The van der Waals surface area contributed by atoms with Crippen LogP contribution in [0.5, 0.6) is 5.75 Å². The number of hydrogen-bond donors (Lipinski definition) is 1. The largest absolute Gasteiger partial charge is 0.490 e. The predicted molar refractivity (Wildman–Crippen MR) is 60.9 cm³/mol. The molecule has 1 aliphatic rings. The van der Waals surface area contributed by atoms with Crippen LogP contribution in [0.25, 0.3) is 0 Å². The Hall–Kier alpha value is -1.51. The van der Waals surface area contributed by atoms with E-state index in [4.69, 9.17) is 9.84 Å². The second-order valence-corrected chi connectivity index (χ2v) is 4.89. The lowest BCUT2D eigenvalue weighted by Gasteiger charge is -2.20. The number of hydrogen-bond acceptors (Lipinski definition) is 2. The first-order chi connectivity index (χ1) is 7.41. The van der Waals surface area contributed by atoms with E-state index < -0.39 is 11.4 Å². The molecule has 3 nitrogen and oxygen atoms in total. The summed E-state index contributed by atoms with van der Waals surface area (Å²) in [4.78, 5) is 11.2. The van der Waals surface area contributed by atoms with Crippen molar-refractivity contribution in [1.29, 1.82) is 0 Å². The van der Waals surface area contributed by atoms with Gasteiger partial charge in [0.25, 0.3) is 0 Å². The van der Waals surface area contributed by atoms with Gasteiger partial charge in [0.2, 0.25) is 0 Å². The van der Waals surface area contributed by atoms with E-state index in [9.17, 15) is 4.79 Å². The van der Waals surface area contributed by atoms with Gasteiger partial charge < -0.3 is 9.84 Å². The Balaban J connectivity index is 2.40. The van der Waals surface area contributed by atoms with Crippen LogP contribution in [0.15, 0.2) is 18.2 Å². The Morgan fingerprint density at radius 3 is 2.81 bits per heavy atom. The Kier molecular flexibility index (Phi) is 2.41. The van der Waals surface area contributed by atoms with Crippen LogP contribution in [0.3, 0.4) is 0 Å². The van der Waals surface area contributed by atoms with E-state index in [1.807, 2.05) is 25.1 Å². The van der Waals surface area contributed by atoms with Crippen molar-refractivity contribution in [3.63, 3.8) is 0 Å². The van der Waals surface area contributed by atoms with Gasteiger partial charge in [-0.15, -0.1) is 0 Å². The molecule has 0 fully saturated rings. The van der Waals surface area contributed by atoms with Crippen LogP contribution in [0.1, 0.15) is 31.9 Å². The number of carbonyl (C=O) groups is 1. The van der Waals surface area contributed by atoms with Crippen LogP contribution in [-0.2, 0) is 16.6 Å². The van der Waals surface area contributed by atoms with E-state index in [1.54, 1.807) is 13.8 Å². The molecule has 86 valence electrons. The first-order valence-corrected chi connectivity index (χ1v) is 5.44. The molecule has 0 aliphatic carbocycles. The summed E-state index contributed by atoms with van der Waals surface area (Å²) in [6.07, 6.45) is 1.05. The fourth-order valence-corrected chi connectivity index (χ4v) is 1.93. The number of aliphatic carboxylic acids is 1. The van der Waals surface area contributed by atoms with Gasteiger partial charge in [-0.25, -0.2) is 0 Å². The molecule has 0 saturated carbocycles. The monoisotopic (exact) mass is 220 g/mol. The smallest absolute Gasteiger partial charge is 0.313 e.